The highest BCUT2D eigenvalue weighted by molar-refractivity contribution is 5.63. The van der Waals surface area contributed by atoms with E-state index < -0.39 is 4.92 Å². The van der Waals surface area contributed by atoms with Crippen molar-refractivity contribution in [1.29, 1.82) is 0 Å². The Kier molecular flexibility index (Phi) is 3.76. The van der Waals surface area contributed by atoms with Crippen molar-refractivity contribution in [3.63, 3.8) is 0 Å². The fraction of sp³-hybridized carbons (Fsp3) is 0.125. The van der Waals surface area contributed by atoms with E-state index in [9.17, 15) is 10.1 Å². The number of nitrogen functional groups attached to an aromatic ring is 1. The van der Waals surface area contributed by atoms with Crippen LogP contribution in [0.1, 0.15) is 17.0 Å². The van der Waals surface area contributed by atoms with Crippen molar-refractivity contribution in [2.45, 2.75) is 13.3 Å². The third-order valence-electron chi connectivity index (χ3n) is 3.59. The molecule has 0 radical (unpaired) electrons. The van der Waals surface area contributed by atoms with Crippen LogP contribution in [0.15, 0.2) is 42.5 Å². The number of benzene rings is 2. The first-order valence-corrected chi connectivity index (χ1v) is 7.04. The molecule has 1 aromatic heterocycles. The summed E-state index contributed by atoms with van der Waals surface area (Å²) >= 11 is 0. The lowest BCUT2D eigenvalue weighted by Gasteiger charge is -2.01. The lowest BCUT2D eigenvalue weighted by molar-refractivity contribution is -0.384. The molecule has 7 heteroatoms. The van der Waals surface area contributed by atoms with Crippen molar-refractivity contribution in [1.82, 2.24) is 15.2 Å². The number of anilines is 1. The van der Waals surface area contributed by atoms with Crippen molar-refractivity contribution in [3.8, 4) is 11.4 Å². The number of aromatic nitrogens is 3. The number of aromatic amines is 1. The van der Waals surface area contributed by atoms with Crippen LogP contribution >= 0.6 is 0 Å². The lowest BCUT2D eigenvalue weighted by atomic mass is 10.1. The predicted octanol–water partition coefficient (Wildman–Crippen LogP) is 2.86. The average Bonchev–Trinajstić information content (AvgIpc) is 2.99. The normalized spacial score (nSPS) is 10.7. The van der Waals surface area contributed by atoms with Gasteiger partial charge in [-0.3, -0.25) is 15.2 Å². The van der Waals surface area contributed by atoms with E-state index in [1.807, 2.05) is 25.1 Å². The number of H-pyrrole nitrogens is 1. The molecule has 3 rings (SSSR count). The number of nitrogens with zero attached hydrogens (tertiary/aromatic N) is 3. The van der Waals surface area contributed by atoms with Gasteiger partial charge in [-0.2, -0.15) is 5.10 Å². The van der Waals surface area contributed by atoms with E-state index in [0.29, 0.717) is 23.8 Å². The van der Waals surface area contributed by atoms with Crippen LogP contribution in [0.3, 0.4) is 0 Å². The Hall–Kier alpha value is -3.22. The molecule has 0 aliphatic heterocycles. The van der Waals surface area contributed by atoms with Crippen LogP contribution < -0.4 is 5.73 Å². The minimum atomic E-state index is -0.419. The van der Waals surface area contributed by atoms with Gasteiger partial charge in [-0.1, -0.05) is 24.3 Å². The van der Waals surface area contributed by atoms with Gasteiger partial charge < -0.3 is 5.73 Å². The van der Waals surface area contributed by atoms with E-state index in [1.165, 1.54) is 12.1 Å². The number of nitrogens with one attached hydrogen (secondary N) is 1. The molecule has 0 aliphatic carbocycles. The smallest absolute Gasteiger partial charge is 0.269 e. The van der Waals surface area contributed by atoms with Gasteiger partial charge >= 0.3 is 0 Å². The van der Waals surface area contributed by atoms with Gasteiger partial charge in [-0.15, -0.1) is 0 Å². The summed E-state index contributed by atoms with van der Waals surface area (Å²) in [5, 5.41) is 17.7. The average molecular weight is 309 g/mol. The minimum absolute atomic E-state index is 0.0714. The molecule has 3 N–H and O–H groups in total. The predicted molar refractivity (Wildman–Crippen MR) is 86.9 cm³/mol. The summed E-state index contributed by atoms with van der Waals surface area (Å²) in [6.07, 6.45) is 0.520. The number of hydrogen-bond donors (Lipinski definition) is 2. The Morgan fingerprint density at radius 1 is 1.22 bits per heavy atom. The van der Waals surface area contributed by atoms with Gasteiger partial charge in [-0.05, 0) is 24.1 Å². The fourth-order valence-corrected chi connectivity index (χ4v) is 2.21. The van der Waals surface area contributed by atoms with E-state index in [0.717, 1.165) is 16.7 Å². The van der Waals surface area contributed by atoms with Gasteiger partial charge in [0.25, 0.3) is 5.69 Å². The molecule has 0 fully saturated rings. The number of hydrogen-bond acceptors (Lipinski definition) is 5. The Morgan fingerprint density at radius 2 is 1.96 bits per heavy atom. The Balaban J connectivity index is 1.79. The van der Waals surface area contributed by atoms with Crippen molar-refractivity contribution in [2.75, 3.05) is 5.73 Å². The Morgan fingerprint density at radius 3 is 2.61 bits per heavy atom. The molecule has 0 spiro atoms. The zero-order valence-electron chi connectivity index (χ0n) is 12.5. The third kappa shape index (κ3) is 3.18. The molecule has 0 saturated heterocycles. The third-order valence-corrected chi connectivity index (χ3v) is 3.59. The monoisotopic (exact) mass is 309 g/mol. The number of non-ortho nitro benzene ring substituents is 1. The lowest BCUT2D eigenvalue weighted by Crippen LogP contribution is -1.93. The minimum Gasteiger partial charge on any atom is -0.398 e. The van der Waals surface area contributed by atoms with Crippen LogP contribution in [0.5, 0.6) is 0 Å². The van der Waals surface area contributed by atoms with Gasteiger partial charge in [0.15, 0.2) is 5.82 Å². The largest absolute Gasteiger partial charge is 0.398 e. The molecule has 0 atom stereocenters. The standard InChI is InChI=1S/C16H15N5O2/c1-10-2-5-12(9-14(10)17)16-18-15(19-20-16)8-11-3-6-13(7-4-11)21(22)23/h2-7,9H,8,17H2,1H3,(H,18,19,20). The summed E-state index contributed by atoms with van der Waals surface area (Å²) in [6.45, 7) is 1.94. The second-order valence-electron chi connectivity index (χ2n) is 5.28. The van der Waals surface area contributed by atoms with Crippen LogP contribution in [0.4, 0.5) is 11.4 Å². The van der Waals surface area contributed by atoms with Crippen molar-refractivity contribution in [2.24, 2.45) is 0 Å². The maximum absolute atomic E-state index is 10.6. The van der Waals surface area contributed by atoms with E-state index in [4.69, 9.17) is 5.73 Å². The zero-order valence-corrected chi connectivity index (χ0v) is 12.5. The molecule has 1 heterocycles. The topological polar surface area (TPSA) is 111 Å². The van der Waals surface area contributed by atoms with Gasteiger partial charge in [0.05, 0.1) is 4.92 Å². The molecule has 0 saturated carbocycles. The van der Waals surface area contributed by atoms with Crippen LogP contribution in [-0.4, -0.2) is 20.1 Å². The van der Waals surface area contributed by atoms with Crippen molar-refractivity contribution >= 4 is 11.4 Å². The van der Waals surface area contributed by atoms with Crippen LogP contribution in [-0.2, 0) is 6.42 Å². The Labute approximate surface area is 132 Å². The summed E-state index contributed by atoms with van der Waals surface area (Å²) in [5.74, 6) is 1.27. The zero-order chi connectivity index (χ0) is 16.4. The van der Waals surface area contributed by atoms with Crippen LogP contribution in [0.2, 0.25) is 0 Å². The van der Waals surface area contributed by atoms with E-state index in [2.05, 4.69) is 15.2 Å². The highest BCUT2D eigenvalue weighted by atomic mass is 16.6. The number of nitrogens with two attached hydrogens (primary N) is 1. The number of nitro benzene ring substituents is 1. The highest BCUT2D eigenvalue weighted by Crippen LogP contribution is 2.21. The van der Waals surface area contributed by atoms with Gasteiger partial charge in [0, 0.05) is 29.8 Å². The molecule has 23 heavy (non-hydrogen) atoms. The Bertz CT molecular complexity index is 855. The van der Waals surface area contributed by atoms with Crippen LogP contribution in [0, 0.1) is 17.0 Å². The molecule has 0 unspecified atom stereocenters. The fourth-order valence-electron chi connectivity index (χ4n) is 2.21. The summed E-state index contributed by atoms with van der Waals surface area (Å²) < 4.78 is 0. The maximum atomic E-state index is 10.6. The first kappa shape index (κ1) is 14.7. The molecule has 116 valence electrons. The first-order chi connectivity index (χ1) is 11.0. The number of aryl methyl sites for hydroxylation is 1. The second-order valence-corrected chi connectivity index (χ2v) is 5.28. The molecule has 2 aromatic carbocycles. The maximum Gasteiger partial charge on any atom is 0.269 e. The first-order valence-electron chi connectivity index (χ1n) is 7.04. The second kappa shape index (κ2) is 5.88. The van der Waals surface area contributed by atoms with E-state index in [1.54, 1.807) is 12.1 Å². The van der Waals surface area contributed by atoms with Gasteiger partial charge in [-0.25, -0.2) is 4.98 Å². The van der Waals surface area contributed by atoms with Crippen molar-refractivity contribution in [3.05, 3.63) is 69.5 Å². The van der Waals surface area contributed by atoms with Gasteiger partial charge in [0.2, 0.25) is 0 Å². The quantitative estimate of drug-likeness (QED) is 0.437. The van der Waals surface area contributed by atoms with Crippen molar-refractivity contribution < 1.29 is 4.92 Å². The molecular weight excluding hydrogens is 294 g/mol. The molecular formula is C16H15N5O2. The van der Waals surface area contributed by atoms with E-state index in [-0.39, 0.29) is 5.69 Å². The SMILES string of the molecule is Cc1ccc(-c2n[nH]c(Cc3ccc([N+](=O)[O-])cc3)n2)cc1N. The molecule has 0 amide bonds. The highest BCUT2D eigenvalue weighted by Gasteiger charge is 2.09. The summed E-state index contributed by atoms with van der Waals surface area (Å²) in [5.41, 5.74) is 9.45. The molecule has 3 aromatic rings. The number of rotatable bonds is 4. The van der Waals surface area contributed by atoms with Crippen LogP contribution in [0.25, 0.3) is 11.4 Å². The molecule has 0 aliphatic rings. The molecule has 0 bridgehead atoms. The summed E-state index contributed by atoms with van der Waals surface area (Å²) in [6, 6.07) is 12.1. The number of nitro groups is 1. The summed E-state index contributed by atoms with van der Waals surface area (Å²) in [7, 11) is 0. The summed E-state index contributed by atoms with van der Waals surface area (Å²) in [4.78, 5) is 14.7. The van der Waals surface area contributed by atoms with E-state index >= 15 is 0 Å². The van der Waals surface area contributed by atoms with Gasteiger partial charge in [0.1, 0.15) is 5.82 Å². The molecule has 7 nitrogen and oxygen atoms in total.